The first-order chi connectivity index (χ1) is 8.12. The second-order valence-corrected chi connectivity index (χ2v) is 4.09. The molecule has 17 heavy (non-hydrogen) atoms. The molecule has 0 N–H and O–H groups in total. The van der Waals surface area contributed by atoms with Gasteiger partial charge in [-0.1, -0.05) is 0 Å². The highest BCUT2D eigenvalue weighted by atomic mass is 79.9. The Hall–Kier alpha value is -1.54. The summed E-state index contributed by atoms with van der Waals surface area (Å²) < 4.78 is 10.6. The zero-order chi connectivity index (χ0) is 12.8. The van der Waals surface area contributed by atoms with E-state index < -0.39 is 0 Å². The summed E-state index contributed by atoms with van der Waals surface area (Å²) in [5.41, 5.74) is 1.16. The Kier molecular flexibility index (Phi) is 4.98. The third-order valence-corrected chi connectivity index (χ3v) is 2.79. The highest BCUT2D eigenvalue weighted by Crippen LogP contribution is 2.27. The average Bonchev–Trinajstić information content (AvgIpc) is 2.29. The number of carbonyl (C=O) groups is 1. The topological polar surface area (TPSA) is 59.3 Å². The molecule has 0 fully saturated rings. The third-order valence-electron chi connectivity index (χ3n) is 2.13. The van der Waals surface area contributed by atoms with E-state index >= 15 is 0 Å². The molecule has 4 nitrogen and oxygen atoms in total. The number of hydrogen-bond acceptors (Lipinski definition) is 4. The number of halogens is 1. The van der Waals surface area contributed by atoms with Crippen LogP contribution in [0.15, 0.2) is 16.6 Å². The Bertz CT molecular complexity index is 466. The predicted molar refractivity (Wildman–Crippen MR) is 65.7 cm³/mol. The Morgan fingerprint density at radius 3 is 2.76 bits per heavy atom. The van der Waals surface area contributed by atoms with Crippen LogP contribution in [0.25, 0.3) is 0 Å². The van der Waals surface area contributed by atoms with Gasteiger partial charge in [0.25, 0.3) is 0 Å². The molecule has 0 amide bonds. The second kappa shape index (κ2) is 6.26. The second-order valence-electron chi connectivity index (χ2n) is 3.24. The van der Waals surface area contributed by atoms with Crippen molar-refractivity contribution in [2.24, 2.45) is 0 Å². The first-order valence-electron chi connectivity index (χ1n) is 5.04. The number of ether oxygens (including phenoxy) is 2. The summed E-state index contributed by atoms with van der Waals surface area (Å²) in [6.45, 7) is 2.10. The van der Waals surface area contributed by atoms with Crippen LogP contribution in [0.4, 0.5) is 0 Å². The van der Waals surface area contributed by atoms with Gasteiger partial charge in [0.05, 0.1) is 25.7 Å². The molecule has 0 aliphatic rings. The van der Waals surface area contributed by atoms with E-state index in [-0.39, 0.29) is 12.4 Å². The van der Waals surface area contributed by atoms with Crippen molar-refractivity contribution in [3.63, 3.8) is 0 Å². The van der Waals surface area contributed by atoms with E-state index in [0.29, 0.717) is 28.0 Å². The minimum atomic E-state index is -0.317. The summed E-state index contributed by atoms with van der Waals surface area (Å²) in [5.74, 6) is 0.195. The first-order valence-corrected chi connectivity index (χ1v) is 5.83. The number of esters is 1. The van der Waals surface area contributed by atoms with Crippen molar-refractivity contribution in [1.82, 2.24) is 0 Å². The monoisotopic (exact) mass is 297 g/mol. The average molecular weight is 298 g/mol. The van der Waals surface area contributed by atoms with Crippen LogP contribution in [-0.2, 0) is 16.0 Å². The van der Waals surface area contributed by atoms with E-state index in [2.05, 4.69) is 15.9 Å². The van der Waals surface area contributed by atoms with Gasteiger partial charge in [-0.25, -0.2) is 0 Å². The Labute approximate surface area is 108 Å². The smallest absolute Gasteiger partial charge is 0.310 e. The summed E-state index contributed by atoms with van der Waals surface area (Å²) in [5, 5.41) is 8.87. The lowest BCUT2D eigenvalue weighted by molar-refractivity contribution is -0.142. The molecule has 1 aromatic carbocycles. The minimum Gasteiger partial charge on any atom is -0.496 e. The molecule has 0 bridgehead atoms. The molecule has 0 radical (unpaired) electrons. The molecule has 0 heterocycles. The highest BCUT2D eigenvalue weighted by Gasteiger charge is 2.12. The molecule has 0 aliphatic heterocycles. The van der Waals surface area contributed by atoms with Crippen molar-refractivity contribution in [3.05, 3.63) is 27.7 Å². The van der Waals surface area contributed by atoms with E-state index in [4.69, 9.17) is 14.7 Å². The maximum atomic E-state index is 11.4. The molecular formula is C12H12BrNO3. The molecule has 1 rings (SSSR count). The molecule has 1 aromatic rings. The standard InChI is InChI=1S/C12H12BrNO3/c1-3-17-12(15)6-8-4-10(13)9(7-14)5-11(8)16-2/h4-5H,3,6H2,1-2H3. The minimum absolute atomic E-state index is 0.126. The van der Waals surface area contributed by atoms with E-state index in [1.165, 1.54) is 7.11 Å². The third kappa shape index (κ3) is 3.46. The SMILES string of the molecule is CCOC(=O)Cc1cc(Br)c(C#N)cc1OC. The van der Waals surface area contributed by atoms with Crippen LogP contribution < -0.4 is 4.74 Å². The lowest BCUT2D eigenvalue weighted by Crippen LogP contribution is -2.08. The maximum absolute atomic E-state index is 11.4. The van der Waals surface area contributed by atoms with Crippen molar-refractivity contribution in [2.75, 3.05) is 13.7 Å². The number of methoxy groups -OCH3 is 1. The fraction of sp³-hybridized carbons (Fsp3) is 0.333. The number of rotatable bonds is 4. The van der Waals surface area contributed by atoms with E-state index in [1.54, 1.807) is 19.1 Å². The van der Waals surface area contributed by atoms with Gasteiger partial charge in [0, 0.05) is 10.0 Å². The number of carbonyl (C=O) groups excluding carboxylic acids is 1. The molecule has 90 valence electrons. The van der Waals surface area contributed by atoms with Crippen LogP contribution in [0.1, 0.15) is 18.1 Å². The summed E-state index contributed by atoms with van der Waals surface area (Å²) >= 11 is 3.27. The van der Waals surface area contributed by atoms with Crippen molar-refractivity contribution in [3.8, 4) is 11.8 Å². The molecule has 0 aromatic heterocycles. The van der Waals surface area contributed by atoms with Gasteiger partial charge in [-0.15, -0.1) is 0 Å². The first kappa shape index (κ1) is 13.5. The summed E-state index contributed by atoms with van der Waals surface area (Å²) in [7, 11) is 1.50. The van der Waals surface area contributed by atoms with Gasteiger partial charge in [0.15, 0.2) is 0 Å². The molecule has 0 aliphatic carbocycles. The Morgan fingerprint density at radius 2 is 2.24 bits per heavy atom. The van der Waals surface area contributed by atoms with Crippen molar-refractivity contribution >= 4 is 21.9 Å². The number of hydrogen-bond donors (Lipinski definition) is 0. The fourth-order valence-electron chi connectivity index (χ4n) is 1.38. The molecular weight excluding hydrogens is 286 g/mol. The van der Waals surface area contributed by atoms with Gasteiger partial charge >= 0.3 is 5.97 Å². The van der Waals surface area contributed by atoms with Crippen molar-refractivity contribution in [1.29, 1.82) is 5.26 Å². The van der Waals surface area contributed by atoms with Crippen molar-refractivity contribution < 1.29 is 14.3 Å². The summed E-state index contributed by atoms with van der Waals surface area (Å²) in [6, 6.07) is 5.33. The van der Waals surface area contributed by atoms with E-state index in [1.807, 2.05) is 6.07 Å². The van der Waals surface area contributed by atoms with Crippen LogP contribution in [0.3, 0.4) is 0 Å². The van der Waals surface area contributed by atoms with Gasteiger partial charge in [-0.2, -0.15) is 5.26 Å². The molecule has 0 atom stereocenters. The highest BCUT2D eigenvalue weighted by molar-refractivity contribution is 9.10. The van der Waals surface area contributed by atoms with Crippen LogP contribution in [0.5, 0.6) is 5.75 Å². The lowest BCUT2D eigenvalue weighted by Gasteiger charge is -2.09. The number of nitriles is 1. The van der Waals surface area contributed by atoms with Gasteiger partial charge in [0.1, 0.15) is 11.8 Å². The van der Waals surface area contributed by atoms with E-state index in [9.17, 15) is 4.79 Å². The number of nitrogens with zero attached hydrogens (tertiary/aromatic N) is 1. The molecule has 5 heteroatoms. The number of benzene rings is 1. The van der Waals surface area contributed by atoms with Gasteiger partial charge in [-0.05, 0) is 35.0 Å². The normalized spacial score (nSPS) is 9.53. The van der Waals surface area contributed by atoms with Crippen LogP contribution in [0, 0.1) is 11.3 Å². The molecule has 0 spiro atoms. The summed E-state index contributed by atoms with van der Waals surface area (Å²) in [6.07, 6.45) is 0.126. The van der Waals surface area contributed by atoms with Crippen LogP contribution in [-0.4, -0.2) is 19.7 Å². The largest absolute Gasteiger partial charge is 0.496 e. The van der Waals surface area contributed by atoms with Gasteiger partial charge in [-0.3, -0.25) is 4.79 Å². The van der Waals surface area contributed by atoms with Gasteiger partial charge in [0.2, 0.25) is 0 Å². The predicted octanol–water partition coefficient (Wildman–Crippen LogP) is 2.43. The maximum Gasteiger partial charge on any atom is 0.310 e. The zero-order valence-corrected chi connectivity index (χ0v) is 11.2. The Balaban J connectivity index is 3.03. The lowest BCUT2D eigenvalue weighted by atomic mass is 10.1. The quantitative estimate of drug-likeness (QED) is 0.801. The van der Waals surface area contributed by atoms with Crippen LogP contribution in [0.2, 0.25) is 0 Å². The van der Waals surface area contributed by atoms with Crippen LogP contribution >= 0.6 is 15.9 Å². The summed E-state index contributed by atoms with van der Waals surface area (Å²) in [4.78, 5) is 11.4. The Morgan fingerprint density at radius 1 is 1.53 bits per heavy atom. The van der Waals surface area contributed by atoms with Gasteiger partial charge < -0.3 is 9.47 Å². The van der Waals surface area contributed by atoms with E-state index in [0.717, 1.165) is 0 Å². The zero-order valence-electron chi connectivity index (χ0n) is 9.62. The molecule has 0 saturated heterocycles. The molecule has 0 unspecified atom stereocenters. The fourth-order valence-corrected chi connectivity index (χ4v) is 1.86. The van der Waals surface area contributed by atoms with Crippen molar-refractivity contribution in [2.45, 2.75) is 13.3 Å². The molecule has 0 saturated carbocycles.